The van der Waals surface area contributed by atoms with E-state index in [2.05, 4.69) is 0 Å². The molecule has 90 valence electrons. The minimum absolute atomic E-state index is 0.155. The molecule has 0 aliphatic rings. The second-order valence-electron chi connectivity index (χ2n) is 4.93. The third-order valence-corrected chi connectivity index (χ3v) is 2.53. The normalized spacial score (nSPS) is 14.9. The SMILES string of the molecule is CC(C)(C)C(N)c1ccccc1C(F)(F)F. The van der Waals surface area contributed by atoms with Crippen LogP contribution in [0.5, 0.6) is 0 Å². The molecule has 4 heteroatoms. The number of benzene rings is 1. The van der Waals surface area contributed by atoms with Crippen LogP contribution < -0.4 is 5.73 Å². The molecule has 1 aromatic rings. The molecule has 1 rings (SSSR count). The summed E-state index contributed by atoms with van der Waals surface area (Å²) in [4.78, 5) is 0. The highest BCUT2D eigenvalue weighted by Crippen LogP contribution is 2.38. The van der Waals surface area contributed by atoms with E-state index in [-0.39, 0.29) is 5.56 Å². The van der Waals surface area contributed by atoms with Crippen LogP contribution in [0, 0.1) is 5.41 Å². The van der Waals surface area contributed by atoms with Crippen molar-refractivity contribution in [1.29, 1.82) is 0 Å². The molecule has 1 aromatic carbocycles. The molecule has 0 fully saturated rings. The molecule has 0 amide bonds. The second-order valence-corrected chi connectivity index (χ2v) is 4.93. The van der Waals surface area contributed by atoms with Crippen molar-refractivity contribution in [2.45, 2.75) is 33.0 Å². The van der Waals surface area contributed by atoms with Crippen molar-refractivity contribution in [3.63, 3.8) is 0 Å². The minimum Gasteiger partial charge on any atom is -0.324 e. The topological polar surface area (TPSA) is 26.0 Å². The van der Waals surface area contributed by atoms with Crippen molar-refractivity contribution in [3.8, 4) is 0 Å². The van der Waals surface area contributed by atoms with Crippen LogP contribution in [0.25, 0.3) is 0 Å². The van der Waals surface area contributed by atoms with E-state index in [1.54, 1.807) is 6.07 Å². The van der Waals surface area contributed by atoms with Crippen molar-refractivity contribution in [2.24, 2.45) is 11.1 Å². The molecule has 0 aliphatic carbocycles. The van der Waals surface area contributed by atoms with Gasteiger partial charge in [0.2, 0.25) is 0 Å². The maximum atomic E-state index is 12.7. The van der Waals surface area contributed by atoms with Crippen LogP contribution in [0.2, 0.25) is 0 Å². The summed E-state index contributed by atoms with van der Waals surface area (Å²) >= 11 is 0. The molecule has 0 spiro atoms. The summed E-state index contributed by atoms with van der Waals surface area (Å²) in [7, 11) is 0. The van der Waals surface area contributed by atoms with E-state index in [0.717, 1.165) is 6.07 Å². The number of hydrogen-bond acceptors (Lipinski definition) is 1. The van der Waals surface area contributed by atoms with E-state index in [1.165, 1.54) is 12.1 Å². The summed E-state index contributed by atoms with van der Waals surface area (Å²) < 4.78 is 38.2. The van der Waals surface area contributed by atoms with Crippen LogP contribution >= 0.6 is 0 Å². The van der Waals surface area contributed by atoms with Gasteiger partial charge in [-0.3, -0.25) is 0 Å². The van der Waals surface area contributed by atoms with Crippen LogP contribution in [0.3, 0.4) is 0 Å². The Kier molecular flexibility index (Phi) is 3.33. The van der Waals surface area contributed by atoms with E-state index in [0.29, 0.717) is 0 Å². The van der Waals surface area contributed by atoms with Gasteiger partial charge in [-0.15, -0.1) is 0 Å². The lowest BCUT2D eigenvalue weighted by atomic mass is 9.81. The maximum Gasteiger partial charge on any atom is 0.416 e. The molecular formula is C12H16F3N. The largest absolute Gasteiger partial charge is 0.416 e. The van der Waals surface area contributed by atoms with Gasteiger partial charge in [-0.05, 0) is 17.0 Å². The molecule has 0 radical (unpaired) electrons. The Morgan fingerprint density at radius 3 is 2.00 bits per heavy atom. The van der Waals surface area contributed by atoms with Gasteiger partial charge in [0.05, 0.1) is 5.56 Å². The standard InChI is InChI=1S/C12H16F3N/c1-11(2,3)10(16)8-6-4-5-7-9(8)12(13,14)15/h4-7,10H,16H2,1-3H3. The molecule has 1 unspecified atom stereocenters. The molecule has 0 heterocycles. The zero-order chi connectivity index (χ0) is 12.6. The molecule has 16 heavy (non-hydrogen) atoms. The van der Waals surface area contributed by atoms with Gasteiger partial charge in [0, 0.05) is 6.04 Å². The fourth-order valence-electron chi connectivity index (χ4n) is 1.49. The summed E-state index contributed by atoms with van der Waals surface area (Å²) in [5.74, 6) is 0. The number of hydrogen-bond donors (Lipinski definition) is 1. The molecule has 0 saturated heterocycles. The predicted octanol–water partition coefficient (Wildman–Crippen LogP) is 3.75. The van der Waals surface area contributed by atoms with E-state index in [1.807, 2.05) is 20.8 Å². The second kappa shape index (κ2) is 4.09. The predicted molar refractivity (Wildman–Crippen MR) is 57.8 cm³/mol. The van der Waals surface area contributed by atoms with Gasteiger partial charge in [-0.2, -0.15) is 13.2 Å². The molecular weight excluding hydrogens is 215 g/mol. The fourth-order valence-corrected chi connectivity index (χ4v) is 1.49. The Morgan fingerprint density at radius 2 is 1.56 bits per heavy atom. The van der Waals surface area contributed by atoms with Gasteiger partial charge in [-0.25, -0.2) is 0 Å². The first-order valence-electron chi connectivity index (χ1n) is 5.05. The fraction of sp³-hybridized carbons (Fsp3) is 0.500. The summed E-state index contributed by atoms with van der Waals surface area (Å²) in [6.07, 6.45) is -4.35. The number of nitrogens with two attached hydrogens (primary N) is 1. The van der Waals surface area contributed by atoms with Crippen LogP contribution in [0.15, 0.2) is 24.3 Å². The Morgan fingerprint density at radius 1 is 1.06 bits per heavy atom. The minimum atomic E-state index is -4.35. The average Bonchev–Trinajstić information content (AvgIpc) is 2.14. The number of rotatable bonds is 1. The molecule has 2 N–H and O–H groups in total. The number of halogens is 3. The lowest BCUT2D eigenvalue weighted by molar-refractivity contribution is -0.138. The van der Waals surface area contributed by atoms with Gasteiger partial charge in [0.1, 0.15) is 0 Å². The number of alkyl halides is 3. The lowest BCUT2D eigenvalue weighted by Gasteiger charge is -2.29. The molecule has 1 atom stereocenters. The zero-order valence-electron chi connectivity index (χ0n) is 9.60. The highest BCUT2D eigenvalue weighted by molar-refractivity contribution is 5.33. The van der Waals surface area contributed by atoms with E-state index >= 15 is 0 Å². The molecule has 0 saturated carbocycles. The third kappa shape index (κ3) is 2.76. The molecule has 1 nitrogen and oxygen atoms in total. The summed E-state index contributed by atoms with van der Waals surface area (Å²) in [5, 5.41) is 0. The summed E-state index contributed by atoms with van der Waals surface area (Å²) in [6, 6.07) is 4.84. The third-order valence-electron chi connectivity index (χ3n) is 2.53. The quantitative estimate of drug-likeness (QED) is 0.782. The van der Waals surface area contributed by atoms with Gasteiger partial charge < -0.3 is 5.73 Å². The Balaban J connectivity index is 3.25. The van der Waals surface area contributed by atoms with Crippen LogP contribution in [0.1, 0.15) is 37.9 Å². The van der Waals surface area contributed by atoms with Gasteiger partial charge >= 0.3 is 6.18 Å². The highest BCUT2D eigenvalue weighted by atomic mass is 19.4. The smallest absolute Gasteiger partial charge is 0.324 e. The highest BCUT2D eigenvalue weighted by Gasteiger charge is 2.36. The van der Waals surface area contributed by atoms with E-state index in [4.69, 9.17) is 5.73 Å². The Labute approximate surface area is 93.5 Å². The van der Waals surface area contributed by atoms with Crippen LogP contribution in [0.4, 0.5) is 13.2 Å². The first-order valence-corrected chi connectivity index (χ1v) is 5.05. The summed E-state index contributed by atoms with van der Waals surface area (Å²) in [5.41, 5.74) is 4.98. The summed E-state index contributed by atoms with van der Waals surface area (Å²) in [6.45, 7) is 5.47. The molecule has 0 aromatic heterocycles. The van der Waals surface area contributed by atoms with E-state index in [9.17, 15) is 13.2 Å². The van der Waals surface area contributed by atoms with Gasteiger partial charge in [0.25, 0.3) is 0 Å². The monoisotopic (exact) mass is 231 g/mol. The van der Waals surface area contributed by atoms with Crippen molar-refractivity contribution < 1.29 is 13.2 Å². The molecule has 0 bridgehead atoms. The Bertz CT molecular complexity index is 363. The van der Waals surface area contributed by atoms with Crippen molar-refractivity contribution in [3.05, 3.63) is 35.4 Å². The van der Waals surface area contributed by atoms with Crippen molar-refractivity contribution >= 4 is 0 Å². The average molecular weight is 231 g/mol. The first-order chi connectivity index (χ1) is 7.14. The van der Waals surface area contributed by atoms with Crippen molar-refractivity contribution in [1.82, 2.24) is 0 Å². The van der Waals surface area contributed by atoms with Gasteiger partial charge in [0.15, 0.2) is 0 Å². The van der Waals surface area contributed by atoms with Crippen LogP contribution in [-0.4, -0.2) is 0 Å². The zero-order valence-corrected chi connectivity index (χ0v) is 9.60. The van der Waals surface area contributed by atoms with Crippen LogP contribution in [-0.2, 0) is 6.18 Å². The lowest BCUT2D eigenvalue weighted by Crippen LogP contribution is -2.28. The molecule has 0 aliphatic heterocycles. The van der Waals surface area contributed by atoms with Crippen molar-refractivity contribution in [2.75, 3.05) is 0 Å². The maximum absolute atomic E-state index is 12.7. The van der Waals surface area contributed by atoms with Gasteiger partial charge in [-0.1, -0.05) is 39.0 Å². The Hall–Kier alpha value is -1.03. The van der Waals surface area contributed by atoms with E-state index < -0.39 is 23.2 Å². The first kappa shape index (κ1) is 13.0.